The van der Waals surface area contributed by atoms with Gasteiger partial charge < -0.3 is 14.6 Å². The zero-order valence-electron chi connectivity index (χ0n) is 10.3. The molecule has 0 bridgehead atoms. The van der Waals surface area contributed by atoms with Gasteiger partial charge in [0.15, 0.2) is 0 Å². The molecular weight excluding hydrogens is 296 g/mol. The average molecular weight is 309 g/mol. The van der Waals surface area contributed by atoms with E-state index in [0.29, 0.717) is 0 Å². The van der Waals surface area contributed by atoms with Gasteiger partial charge in [0, 0.05) is 17.8 Å². The summed E-state index contributed by atoms with van der Waals surface area (Å²) in [6, 6.07) is 3.44. The van der Waals surface area contributed by atoms with E-state index in [1.807, 2.05) is 0 Å². The summed E-state index contributed by atoms with van der Waals surface area (Å²) in [6.45, 7) is 1.85. The summed E-state index contributed by atoms with van der Waals surface area (Å²) in [5.41, 5.74) is -0.189. The Morgan fingerprint density at radius 1 is 1.47 bits per heavy atom. The molecule has 0 heterocycles. The Balaban J connectivity index is 3.14. The molecule has 8 heteroatoms. The molecule has 0 aromatic heterocycles. The van der Waals surface area contributed by atoms with Crippen LogP contribution in [-0.2, 0) is 13.8 Å². The Kier molecular flexibility index (Phi) is 5.16. The first-order valence-corrected chi connectivity index (χ1v) is 7.54. The lowest BCUT2D eigenvalue weighted by Crippen LogP contribution is -2.17. The van der Waals surface area contributed by atoms with E-state index in [-0.39, 0.29) is 28.9 Å². The number of hydrogen-bond donors (Lipinski definition) is 1. The van der Waals surface area contributed by atoms with Crippen LogP contribution in [0.3, 0.4) is 0 Å². The predicted octanol–water partition coefficient (Wildman–Crippen LogP) is 1.73. The van der Waals surface area contributed by atoms with Crippen LogP contribution in [0.15, 0.2) is 23.1 Å². The number of rotatable bonds is 6. The minimum atomic E-state index is -4.10. The van der Waals surface area contributed by atoms with Gasteiger partial charge in [0.2, 0.25) is 0 Å². The fourth-order valence-electron chi connectivity index (χ4n) is 1.23. The van der Waals surface area contributed by atoms with Crippen LogP contribution in [0.2, 0.25) is 0 Å². The van der Waals surface area contributed by atoms with E-state index in [2.05, 4.69) is 0 Å². The quantitative estimate of drug-likeness (QED) is 0.805. The van der Waals surface area contributed by atoms with Crippen LogP contribution in [0.25, 0.3) is 0 Å². The number of aromatic carboxylic acids is 1. The minimum Gasteiger partial charge on any atom is -0.489 e. The maximum atomic E-state index is 11.4. The summed E-state index contributed by atoms with van der Waals surface area (Å²) in [5.74, 6) is -1.26. The van der Waals surface area contributed by atoms with E-state index in [1.165, 1.54) is 19.2 Å². The summed E-state index contributed by atoms with van der Waals surface area (Å²) < 4.78 is 33.0. The van der Waals surface area contributed by atoms with Gasteiger partial charge in [-0.1, -0.05) is 0 Å². The highest BCUT2D eigenvalue weighted by Crippen LogP contribution is 2.28. The number of hydrogen-bond acceptors (Lipinski definition) is 5. The highest BCUT2D eigenvalue weighted by atomic mass is 35.7. The molecule has 19 heavy (non-hydrogen) atoms. The molecule has 0 spiro atoms. The summed E-state index contributed by atoms with van der Waals surface area (Å²) in [5, 5.41) is 8.82. The van der Waals surface area contributed by atoms with Crippen molar-refractivity contribution in [2.45, 2.75) is 17.9 Å². The van der Waals surface area contributed by atoms with Crippen molar-refractivity contribution in [3.8, 4) is 5.75 Å². The minimum absolute atomic E-state index is 0.0103. The first kappa shape index (κ1) is 15.7. The molecule has 6 nitrogen and oxygen atoms in total. The van der Waals surface area contributed by atoms with Gasteiger partial charge in [-0.2, -0.15) is 0 Å². The Morgan fingerprint density at radius 3 is 2.58 bits per heavy atom. The predicted molar refractivity (Wildman–Crippen MR) is 68.4 cm³/mol. The van der Waals surface area contributed by atoms with E-state index < -0.39 is 15.0 Å². The lowest BCUT2D eigenvalue weighted by atomic mass is 10.2. The Hall–Kier alpha value is -1.31. The fourth-order valence-corrected chi connectivity index (χ4v) is 2.22. The summed E-state index contributed by atoms with van der Waals surface area (Å²) in [4.78, 5) is 10.4. The van der Waals surface area contributed by atoms with Crippen molar-refractivity contribution in [3.63, 3.8) is 0 Å². The second-order valence-corrected chi connectivity index (χ2v) is 6.30. The van der Waals surface area contributed by atoms with E-state index in [4.69, 9.17) is 25.3 Å². The zero-order valence-corrected chi connectivity index (χ0v) is 11.9. The molecule has 1 rings (SSSR count). The molecule has 0 aliphatic rings. The lowest BCUT2D eigenvalue weighted by molar-refractivity contribution is 0.0689. The maximum Gasteiger partial charge on any atom is 0.335 e. The highest BCUT2D eigenvalue weighted by molar-refractivity contribution is 8.13. The van der Waals surface area contributed by atoms with Gasteiger partial charge in [0.1, 0.15) is 17.3 Å². The summed E-state index contributed by atoms with van der Waals surface area (Å²) >= 11 is 0. The third-order valence-electron chi connectivity index (χ3n) is 2.33. The first-order valence-electron chi connectivity index (χ1n) is 5.23. The Bertz CT molecular complexity index is 569. The third-order valence-corrected chi connectivity index (χ3v) is 3.67. The van der Waals surface area contributed by atoms with Crippen LogP contribution >= 0.6 is 10.7 Å². The smallest absolute Gasteiger partial charge is 0.335 e. The van der Waals surface area contributed by atoms with Gasteiger partial charge >= 0.3 is 5.97 Å². The molecule has 1 aromatic carbocycles. The van der Waals surface area contributed by atoms with Crippen molar-refractivity contribution < 1.29 is 27.8 Å². The third kappa shape index (κ3) is 4.38. The maximum absolute atomic E-state index is 11.4. The molecule has 1 unspecified atom stereocenters. The highest BCUT2D eigenvalue weighted by Gasteiger charge is 2.20. The Morgan fingerprint density at radius 2 is 2.11 bits per heavy atom. The van der Waals surface area contributed by atoms with E-state index in [1.54, 1.807) is 6.92 Å². The number of carboxylic acid groups (broad SMARTS) is 1. The number of benzene rings is 1. The molecule has 0 aliphatic carbocycles. The van der Waals surface area contributed by atoms with Crippen LogP contribution in [-0.4, -0.2) is 39.3 Å². The fraction of sp³-hybridized carbons (Fsp3) is 0.364. The molecule has 106 valence electrons. The molecule has 1 atom stereocenters. The molecule has 0 amide bonds. The molecule has 0 saturated heterocycles. The summed E-state index contributed by atoms with van der Waals surface area (Å²) in [7, 11) is 2.64. The molecular formula is C11H13ClO6S. The SMILES string of the molecule is COC(C)COc1ccc(C(=O)O)cc1S(=O)(=O)Cl. The molecule has 0 aliphatic heterocycles. The number of ether oxygens (including phenoxy) is 2. The Labute approximate surface area is 115 Å². The molecule has 0 saturated carbocycles. The van der Waals surface area contributed by atoms with Crippen molar-refractivity contribution in [3.05, 3.63) is 23.8 Å². The van der Waals surface area contributed by atoms with Gasteiger partial charge in [-0.05, 0) is 25.1 Å². The lowest BCUT2D eigenvalue weighted by Gasteiger charge is -2.13. The first-order chi connectivity index (χ1) is 8.75. The number of methoxy groups -OCH3 is 1. The normalized spacial score (nSPS) is 13.0. The molecule has 0 fully saturated rings. The topological polar surface area (TPSA) is 89.9 Å². The van der Waals surface area contributed by atoms with Crippen LogP contribution in [0.5, 0.6) is 5.75 Å². The standard InChI is InChI=1S/C11H13ClO6S/c1-7(17-2)6-18-9-4-3-8(11(13)14)5-10(9)19(12,15)16/h3-5,7H,6H2,1-2H3,(H,13,14). The molecule has 1 aromatic rings. The second kappa shape index (κ2) is 6.23. The number of halogens is 1. The van der Waals surface area contributed by atoms with Gasteiger partial charge in [-0.15, -0.1) is 0 Å². The van der Waals surface area contributed by atoms with Gasteiger partial charge in [-0.25, -0.2) is 13.2 Å². The number of carbonyl (C=O) groups is 1. The van der Waals surface area contributed by atoms with Crippen molar-refractivity contribution in [2.24, 2.45) is 0 Å². The van der Waals surface area contributed by atoms with Gasteiger partial charge in [0.05, 0.1) is 11.7 Å². The van der Waals surface area contributed by atoms with Crippen molar-refractivity contribution in [1.82, 2.24) is 0 Å². The summed E-state index contributed by atoms with van der Waals surface area (Å²) in [6.07, 6.45) is -0.245. The second-order valence-electron chi connectivity index (χ2n) is 3.76. The molecule has 1 N–H and O–H groups in total. The van der Waals surface area contributed by atoms with E-state index in [0.717, 1.165) is 6.07 Å². The zero-order chi connectivity index (χ0) is 14.6. The van der Waals surface area contributed by atoms with Gasteiger partial charge in [-0.3, -0.25) is 0 Å². The van der Waals surface area contributed by atoms with Crippen molar-refractivity contribution in [1.29, 1.82) is 0 Å². The van der Waals surface area contributed by atoms with E-state index in [9.17, 15) is 13.2 Å². The van der Waals surface area contributed by atoms with Crippen LogP contribution in [0.4, 0.5) is 0 Å². The van der Waals surface area contributed by atoms with E-state index >= 15 is 0 Å². The van der Waals surface area contributed by atoms with Crippen LogP contribution < -0.4 is 4.74 Å². The van der Waals surface area contributed by atoms with Crippen LogP contribution in [0, 0.1) is 0 Å². The largest absolute Gasteiger partial charge is 0.489 e. The number of carboxylic acids is 1. The van der Waals surface area contributed by atoms with Gasteiger partial charge in [0.25, 0.3) is 9.05 Å². The van der Waals surface area contributed by atoms with Crippen molar-refractivity contribution in [2.75, 3.05) is 13.7 Å². The monoisotopic (exact) mass is 308 g/mol. The van der Waals surface area contributed by atoms with Crippen LogP contribution in [0.1, 0.15) is 17.3 Å². The molecule has 0 radical (unpaired) electrons. The van der Waals surface area contributed by atoms with Crippen molar-refractivity contribution >= 4 is 25.7 Å². The average Bonchev–Trinajstić information content (AvgIpc) is 2.34.